The first-order valence-electron chi connectivity index (χ1n) is 5.60. The number of halogens is 4. The summed E-state index contributed by atoms with van der Waals surface area (Å²) in [4.78, 5) is 12.1. The van der Waals surface area contributed by atoms with Gasteiger partial charge in [0.25, 0.3) is 5.91 Å². The lowest BCUT2D eigenvalue weighted by molar-refractivity contribution is 0.102. The molecule has 1 amide bonds. The summed E-state index contributed by atoms with van der Waals surface area (Å²) >= 11 is 12.2. The molecule has 0 atom stereocenters. The van der Waals surface area contributed by atoms with Crippen LogP contribution in [-0.2, 0) is 0 Å². The molecule has 0 unspecified atom stereocenters. The van der Waals surface area contributed by atoms with E-state index in [2.05, 4.69) is 37.2 Å². The van der Waals surface area contributed by atoms with Crippen molar-refractivity contribution in [2.75, 3.05) is 5.32 Å². The zero-order valence-corrected chi connectivity index (χ0v) is 14.2. The Morgan fingerprint density at radius 1 is 1.20 bits per heavy atom. The molecule has 6 heteroatoms. The van der Waals surface area contributed by atoms with Crippen molar-refractivity contribution in [3.8, 4) is 0 Å². The van der Waals surface area contributed by atoms with Crippen LogP contribution in [0.1, 0.15) is 15.9 Å². The highest BCUT2D eigenvalue weighted by atomic mass is 79.9. The summed E-state index contributed by atoms with van der Waals surface area (Å²) < 4.78 is 14.5. The monoisotopic (exact) mass is 419 g/mol. The number of hydrogen-bond acceptors (Lipinski definition) is 1. The minimum absolute atomic E-state index is 0.327. The fraction of sp³-hybridized carbons (Fsp3) is 0.0714. The van der Waals surface area contributed by atoms with Gasteiger partial charge in [-0.1, -0.05) is 11.6 Å². The summed E-state index contributed by atoms with van der Waals surface area (Å²) in [6.45, 7) is 1.79. The highest BCUT2D eigenvalue weighted by Crippen LogP contribution is 2.26. The lowest BCUT2D eigenvalue weighted by Crippen LogP contribution is -2.13. The molecule has 2 nitrogen and oxygen atoms in total. The van der Waals surface area contributed by atoms with Crippen LogP contribution in [0.2, 0.25) is 5.02 Å². The van der Waals surface area contributed by atoms with Crippen LogP contribution in [0.3, 0.4) is 0 Å². The van der Waals surface area contributed by atoms with E-state index >= 15 is 0 Å². The molecule has 0 fully saturated rings. The van der Waals surface area contributed by atoms with Gasteiger partial charge in [0, 0.05) is 15.7 Å². The van der Waals surface area contributed by atoms with Crippen molar-refractivity contribution in [1.82, 2.24) is 0 Å². The molecule has 2 rings (SSSR count). The molecule has 2 aromatic carbocycles. The summed E-state index contributed by atoms with van der Waals surface area (Å²) in [6.07, 6.45) is 0. The molecule has 104 valence electrons. The SMILES string of the molecule is Cc1cc(Br)c(F)cc1NC(=O)c1ccc(Cl)c(Br)c1. The molecule has 0 saturated carbocycles. The van der Waals surface area contributed by atoms with Crippen LogP contribution >= 0.6 is 43.5 Å². The van der Waals surface area contributed by atoms with E-state index < -0.39 is 5.82 Å². The van der Waals surface area contributed by atoms with Gasteiger partial charge in [-0.2, -0.15) is 0 Å². The Morgan fingerprint density at radius 2 is 1.90 bits per heavy atom. The number of rotatable bonds is 2. The number of amides is 1. The maximum atomic E-state index is 13.5. The number of hydrogen-bond donors (Lipinski definition) is 1. The highest BCUT2D eigenvalue weighted by Gasteiger charge is 2.11. The van der Waals surface area contributed by atoms with E-state index in [0.29, 0.717) is 25.2 Å². The van der Waals surface area contributed by atoms with E-state index in [0.717, 1.165) is 5.56 Å². The summed E-state index contributed by atoms with van der Waals surface area (Å²) in [7, 11) is 0. The minimum atomic E-state index is -0.428. The van der Waals surface area contributed by atoms with Crippen LogP contribution < -0.4 is 5.32 Å². The Labute approximate surface area is 137 Å². The summed E-state index contributed by atoms with van der Waals surface area (Å²) in [5.74, 6) is -0.754. The highest BCUT2D eigenvalue weighted by molar-refractivity contribution is 9.10. The first kappa shape index (κ1) is 15.5. The van der Waals surface area contributed by atoms with E-state index in [1.165, 1.54) is 6.07 Å². The van der Waals surface area contributed by atoms with Gasteiger partial charge in [-0.3, -0.25) is 4.79 Å². The van der Waals surface area contributed by atoms with E-state index in [-0.39, 0.29) is 5.91 Å². The summed E-state index contributed by atoms with van der Waals surface area (Å²) in [5, 5.41) is 3.20. The Hall–Kier alpha value is -0.910. The number of anilines is 1. The van der Waals surface area contributed by atoms with Crippen LogP contribution in [0.5, 0.6) is 0 Å². The maximum absolute atomic E-state index is 13.5. The lowest BCUT2D eigenvalue weighted by Gasteiger charge is -2.10. The molecular weight excluding hydrogens is 412 g/mol. The first-order valence-corrected chi connectivity index (χ1v) is 7.57. The van der Waals surface area contributed by atoms with Crippen LogP contribution in [-0.4, -0.2) is 5.91 Å². The topological polar surface area (TPSA) is 29.1 Å². The molecule has 0 aliphatic carbocycles. The second kappa shape index (κ2) is 6.24. The molecular formula is C14H9Br2ClFNO. The van der Waals surface area contributed by atoms with Crippen molar-refractivity contribution in [3.63, 3.8) is 0 Å². The molecule has 1 N–H and O–H groups in total. The van der Waals surface area contributed by atoms with Gasteiger partial charge in [0.2, 0.25) is 0 Å². The third-order valence-corrected chi connectivity index (χ3v) is 4.52. The van der Waals surface area contributed by atoms with E-state index in [1.807, 2.05) is 0 Å². The minimum Gasteiger partial charge on any atom is -0.322 e. The Morgan fingerprint density at radius 3 is 2.55 bits per heavy atom. The van der Waals surface area contributed by atoms with Crippen LogP contribution in [0.4, 0.5) is 10.1 Å². The lowest BCUT2D eigenvalue weighted by atomic mass is 10.1. The van der Waals surface area contributed by atoms with E-state index in [9.17, 15) is 9.18 Å². The van der Waals surface area contributed by atoms with Crippen molar-refractivity contribution < 1.29 is 9.18 Å². The number of benzene rings is 2. The second-order valence-corrected chi connectivity index (χ2v) is 6.28. The third kappa shape index (κ3) is 3.40. The van der Waals surface area contributed by atoms with Gasteiger partial charge in [-0.15, -0.1) is 0 Å². The summed E-state index contributed by atoms with van der Waals surface area (Å²) in [6, 6.07) is 7.73. The Balaban J connectivity index is 2.27. The number of carbonyl (C=O) groups is 1. The van der Waals surface area contributed by atoms with Gasteiger partial charge in [0.05, 0.1) is 9.50 Å². The average Bonchev–Trinajstić information content (AvgIpc) is 2.39. The van der Waals surface area contributed by atoms with Gasteiger partial charge in [-0.25, -0.2) is 4.39 Å². The smallest absolute Gasteiger partial charge is 0.255 e. The molecule has 0 aliphatic rings. The number of carbonyl (C=O) groups excluding carboxylic acids is 1. The fourth-order valence-corrected chi connectivity index (χ4v) is 2.57. The van der Waals surface area contributed by atoms with Crippen LogP contribution in [0, 0.1) is 12.7 Å². The Bertz CT molecular complexity index is 691. The molecule has 0 bridgehead atoms. The number of nitrogens with one attached hydrogen (secondary N) is 1. The molecule has 0 aliphatic heterocycles. The largest absolute Gasteiger partial charge is 0.322 e. The van der Waals surface area contributed by atoms with E-state index in [4.69, 9.17) is 11.6 Å². The molecule has 0 aromatic heterocycles. The average molecular weight is 421 g/mol. The quantitative estimate of drug-likeness (QED) is 0.675. The van der Waals surface area contributed by atoms with Crippen molar-refractivity contribution in [2.24, 2.45) is 0 Å². The van der Waals surface area contributed by atoms with E-state index in [1.54, 1.807) is 31.2 Å². The molecule has 0 heterocycles. The fourth-order valence-electron chi connectivity index (χ4n) is 1.61. The van der Waals surface area contributed by atoms with Crippen LogP contribution in [0.15, 0.2) is 39.3 Å². The molecule has 0 radical (unpaired) electrons. The standard InChI is InChI=1S/C14H9Br2ClFNO/c1-7-4-10(16)12(18)6-13(7)19-14(20)8-2-3-11(17)9(15)5-8/h2-6H,1H3,(H,19,20). The normalized spacial score (nSPS) is 10.4. The molecule has 20 heavy (non-hydrogen) atoms. The van der Waals surface area contributed by atoms with Gasteiger partial charge in [0.15, 0.2) is 0 Å². The molecule has 2 aromatic rings. The summed E-state index contributed by atoms with van der Waals surface area (Å²) in [5.41, 5.74) is 1.63. The van der Waals surface area contributed by atoms with Gasteiger partial charge >= 0.3 is 0 Å². The maximum Gasteiger partial charge on any atom is 0.255 e. The van der Waals surface area contributed by atoms with Crippen LogP contribution in [0.25, 0.3) is 0 Å². The zero-order chi connectivity index (χ0) is 14.9. The van der Waals surface area contributed by atoms with Gasteiger partial charge in [-0.05, 0) is 74.7 Å². The molecule has 0 spiro atoms. The van der Waals surface area contributed by atoms with Crippen molar-refractivity contribution >= 4 is 55.1 Å². The predicted octanol–water partition coefficient (Wildman–Crippen LogP) is 5.56. The van der Waals surface area contributed by atoms with Gasteiger partial charge in [0.1, 0.15) is 5.82 Å². The van der Waals surface area contributed by atoms with Crippen molar-refractivity contribution in [1.29, 1.82) is 0 Å². The number of aryl methyl sites for hydroxylation is 1. The predicted molar refractivity (Wildman–Crippen MR) is 85.9 cm³/mol. The Kier molecular flexibility index (Phi) is 4.83. The zero-order valence-electron chi connectivity index (χ0n) is 10.3. The molecule has 0 saturated heterocycles. The first-order chi connectivity index (χ1) is 9.38. The second-order valence-electron chi connectivity index (χ2n) is 4.16. The van der Waals surface area contributed by atoms with Crippen molar-refractivity contribution in [2.45, 2.75) is 6.92 Å². The third-order valence-electron chi connectivity index (χ3n) is 2.70. The van der Waals surface area contributed by atoms with Crippen molar-refractivity contribution in [3.05, 3.63) is 61.2 Å². The van der Waals surface area contributed by atoms with Gasteiger partial charge < -0.3 is 5.32 Å².